The Kier molecular flexibility index (Phi) is 7.57. The van der Waals surface area contributed by atoms with Gasteiger partial charge in [-0.25, -0.2) is 0 Å². The predicted molar refractivity (Wildman–Crippen MR) is 103 cm³/mol. The Morgan fingerprint density at radius 1 is 0.909 bits per heavy atom. The van der Waals surface area contributed by atoms with E-state index in [2.05, 4.69) is 95.5 Å². The molecular formula is C20H35NSi. The minimum atomic E-state index is -1.59. The Hall–Kier alpha value is -0.863. The van der Waals surface area contributed by atoms with Crippen molar-refractivity contribution in [2.75, 3.05) is 6.54 Å². The summed E-state index contributed by atoms with van der Waals surface area (Å²) in [6.45, 7) is 18.9. The van der Waals surface area contributed by atoms with Crippen LogP contribution in [-0.2, 0) is 6.54 Å². The van der Waals surface area contributed by atoms with Gasteiger partial charge in [-0.15, -0.1) is 0 Å². The lowest BCUT2D eigenvalue weighted by Crippen LogP contribution is -2.59. The van der Waals surface area contributed by atoms with Crippen molar-refractivity contribution in [2.24, 2.45) is 0 Å². The van der Waals surface area contributed by atoms with Crippen molar-refractivity contribution in [1.29, 1.82) is 0 Å². The number of nitrogens with zero attached hydrogens (tertiary/aromatic N) is 1. The number of benzene rings is 1. The summed E-state index contributed by atoms with van der Waals surface area (Å²) in [5.74, 6) is 0. The van der Waals surface area contributed by atoms with Gasteiger partial charge in [0.15, 0.2) is 0 Å². The van der Waals surface area contributed by atoms with E-state index in [9.17, 15) is 0 Å². The van der Waals surface area contributed by atoms with E-state index in [1.165, 1.54) is 5.56 Å². The molecule has 1 aromatic carbocycles. The van der Waals surface area contributed by atoms with Crippen LogP contribution in [0.4, 0.5) is 0 Å². The van der Waals surface area contributed by atoms with Crippen LogP contribution in [0.2, 0.25) is 16.6 Å². The zero-order valence-electron chi connectivity index (χ0n) is 15.6. The normalized spacial score (nSPS) is 13.2. The minimum Gasteiger partial charge on any atom is -0.315 e. The van der Waals surface area contributed by atoms with Crippen LogP contribution in [0.3, 0.4) is 0 Å². The van der Waals surface area contributed by atoms with E-state index in [1.54, 1.807) is 0 Å². The quantitative estimate of drug-likeness (QED) is 0.405. The highest BCUT2D eigenvalue weighted by atomic mass is 28.3. The first-order valence-electron chi connectivity index (χ1n) is 8.77. The van der Waals surface area contributed by atoms with E-state index in [-0.39, 0.29) is 0 Å². The molecule has 0 amide bonds. The number of hydrogen-bond donors (Lipinski definition) is 0. The SMILES string of the molecule is CC=CCN(Cc1ccccc1)[Si](C(C)C)(C(C)C)C(C)C. The van der Waals surface area contributed by atoms with E-state index in [1.807, 2.05) is 0 Å². The molecule has 0 bridgehead atoms. The summed E-state index contributed by atoms with van der Waals surface area (Å²) in [4.78, 5) is 0. The summed E-state index contributed by atoms with van der Waals surface area (Å²) in [6.07, 6.45) is 4.52. The molecular weight excluding hydrogens is 282 g/mol. The van der Waals surface area contributed by atoms with Crippen LogP contribution < -0.4 is 0 Å². The first-order chi connectivity index (χ1) is 10.4. The monoisotopic (exact) mass is 317 g/mol. The number of hydrogen-bond acceptors (Lipinski definition) is 1. The molecule has 1 rings (SSSR count). The molecule has 0 unspecified atom stereocenters. The molecule has 0 saturated carbocycles. The standard InChI is InChI=1S/C20H35NSi/c1-8-9-15-21(16-20-13-11-10-12-14-20)22(17(2)3,18(4)5)19(6)7/h8-14,17-19H,15-16H2,1-7H3. The van der Waals surface area contributed by atoms with Crippen LogP contribution in [-0.4, -0.2) is 19.3 Å². The Bertz CT molecular complexity index is 426. The van der Waals surface area contributed by atoms with Crippen molar-refractivity contribution in [1.82, 2.24) is 4.57 Å². The molecule has 124 valence electrons. The highest BCUT2D eigenvalue weighted by Crippen LogP contribution is 2.44. The van der Waals surface area contributed by atoms with Gasteiger partial charge >= 0.3 is 0 Å². The average molecular weight is 318 g/mol. The van der Waals surface area contributed by atoms with Gasteiger partial charge in [-0.3, -0.25) is 0 Å². The van der Waals surface area contributed by atoms with E-state index >= 15 is 0 Å². The fourth-order valence-corrected chi connectivity index (χ4v) is 11.6. The van der Waals surface area contributed by atoms with Crippen LogP contribution in [0.25, 0.3) is 0 Å². The van der Waals surface area contributed by atoms with Gasteiger partial charge in [0.25, 0.3) is 0 Å². The van der Waals surface area contributed by atoms with E-state index in [4.69, 9.17) is 0 Å². The second-order valence-corrected chi connectivity index (χ2v) is 13.2. The molecule has 1 aromatic rings. The second kappa shape index (κ2) is 8.69. The molecule has 22 heavy (non-hydrogen) atoms. The molecule has 0 N–H and O–H groups in total. The third kappa shape index (κ3) is 4.11. The van der Waals surface area contributed by atoms with Gasteiger partial charge in [0, 0.05) is 13.1 Å². The molecule has 0 aliphatic carbocycles. The highest BCUT2D eigenvalue weighted by molar-refractivity contribution is 6.80. The van der Waals surface area contributed by atoms with Crippen molar-refractivity contribution < 1.29 is 0 Å². The maximum atomic E-state index is 2.84. The summed E-state index contributed by atoms with van der Waals surface area (Å²) >= 11 is 0. The van der Waals surface area contributed by atoms with Crippen LogP contribution in [0.15, 0.2) is 42.5 Å². The first-order valence-corrected chi connectivity index (χ1v) is 10.9. The summed E-state index contributed by atoms with van der Waals surface area (Å²) in [5, 5.41) is 0. The van der Waals surface area contributed by atoms with Crippen molar-refractivity contribution >= 4 is 8.24 Å². The Morgan fingerprint density at radius 2 is 1.41 bits per heavy atom. The van der Waals surface area contributed by atoms with Gasteiger partial charge in [0.05, 0.1) is 0 Å². The largest absolute Gasteiger partial charge is 0.315 e. The Labute approximate surface area is 139 Å². The zero-order valence-corrected chi connectivity index (χ0v) is 16.6. The maximum absolute atomic E-state index is 2.84. The fraction of sp³-hybridized carbons (Fsp3) is 0.600. The summed E-state index contributed by atoms with van der Waals surface area (Å²) in [5.41, 5.74) is 3.69. The molecule has 0 radical (unpaired) electrons. The second-order valence-electron chi connectivity index (χ2n) is 7.29. The lowest BCUT2D eigenvalue weighted by Gasteiger charge is -2.51. The van der Waals surface area contributed by atoms with Gasteiger partial charge in [-0.1, -0.05) is 84.0 Å². The zero-order chi connectivity index (χ0) is 16.8. The topological polar surface area (TPSA) is 3.24 Å². The molecule has 1 nitrogen and oxygen atoms in total. The van der Waals surface area contributed by atoms with Crippen LogP contribution >= 0.6 is 0 Å². The van der Waals surface area contributed by atoms with Gasteiger partial charge in [0.1, 0.15) is 8.24 Å². The number of rotatable bonds is 8. The Balaban J connectivity index is 3.25. The molecule has 0 heterocycles. The molecule has 0 aliphatic rings. The first kappa shape index (κ1) is 19.2. The molecule has 0 saturated heterocycles. The van der Waals surface area contributed by atoms with Crippen molar-refractivity contribution in [2.45, 2.75) is 71.6 Å². The average Bonchev–Trinajstić information content (AvgIpc) is 2.45. The van der Waals surface area contributed by atoms with Gasteiger partial charge < -0.3 is 4.57 Å². The molecule has 0 spiro atoms. The van der Waals surface area contributed by atoms with Crippen LogP contribution in [0.5, 0.6) is 0 Å². The lowest BCUT2D eigenvalue weighted by molar-refractivity contribution is 0.418. The molecule has 0 atom stereocenters. The molecule has 0 fully saturated rings. The third-order valence-corrected chi connectivity index (χ3v) is 12.1. The van der Waals surface area contributed by atoms with Crippen LogP contribution in [0, 0.1) is 0 Å². The Morgan fingerprint density at radius 3 is 1.82 bits per heavy atom. The van der Waals surface area contributed by atoms with E-state index in [0.717, 1.165) is 29.7 Å². The third-order valence-electron chi connectivity index (χ3n) is 5.10. The molecule has 2 heteroatoms. The van der Waals surface area contributed by atoms with Crippen molar-refractivity contribution in [3.8, 4) is 0 Å². The summed E-state index contributed by atoms with van der Waals surface area (Å²) in [7, 11) is -1.59. The van der Waals surface area contributed by atoms with E-state index < -0.39 is 8.24 Å². The van der Waals surface area contributed by atoms with Crippen molar-refractivity contribution in [3.05, 3.63) is 48.0 Å². The van der Waals surface area contributed by atoms with Gasteiger partial charge in [-0.2, -0.15) is 0 Å². The summed E-state index contributed by atoms with van der Waals surface area (Å²) in [6, 6.07) is 11.0. The number of allylic oxidation sites excluding steroid dienone is 1. The highest BCUT2D eigenvalue weighted by Gasteiger charge is 2.47. The maximum Gasteiger partial charge on any atom is 0.136 e. The lowest BCUT2D eigenvalue weighted by atomic mass is 10.2. The van der Waals surface area contributed by atoms with Gasteiger partial charge in [0.2, 0.25) is 0 Å². The minimum absolute atomic E-state index is 0.751. The fourth-order valence-electron chi connectivity index (χ4n) is 4.49. The molecule has 0 aromatic heterocycles. The smallest absolute Gasteiger partial charge is 0.136 e. The molecule has 0 aliphatic heterocycles. The van der Waals surface area contributed by atoms with E-state index in [0.29, 0.717) is 0 Å². The van der Waals surface area contributed by atoms with Crippen molar-refractivity contribution in [3.63, 3.8) is 0 Å². The van der Waals surface area contributed by atoms with Gasteiger partial charge in [-0.05, 0) is 29.1 Å². The summed E-state index contributed by atoms with van der Waals surface area (Å²) < 4.78 is 2.84. The van der Waals surface area contributed by atoms with Crippen LogP contribution in [0.1, 0.15) is 54.0 Å². The predicted octanol–water partition coefficient (Wildman–Crippen LogP) is 6.24.